The van der Waals surface area contributed by atoms with Crippen LogP contribution in [-0.4, -0.2) is 25.6 Å². The first-order valence-corrected chi connectivity index (χ1v) is 10.1. The van der Waals surface area contributed by atoms with Crippen molar-refractivity contribution in [1.29, 1.82) is 0 Å². The number of aliphatic hydroxyl groups excluding tert-OH is 1. The Balaban J connectivity index is 2.64. The molecule has 1 aromatic rings. The largest absolute Gasteiger partial charge is 0.411 e. The van der Waals surface area contributed by atoms with Crippen molar-refractivity contribution in [3.8, 4) is 0 Å². The molecule has 1 N–H and O–H groups in total. The predicted molar refractivity (Wildman–Crippen MR) is 89.2 cm³/mol. The first-order valence-electron chi connectivity index (χ1n) is 7.22. The molecule has 0 saturated heterocycles. The molecule has 0 spiro atoms. The number of rotatable bonds is 5. The number of aliphatic hydroxyl groups is 1. The van der Waals surface area contributed by atoms with Crippen LogP contribution in [0.1, 0.15) is 33.3 Å². The summed E-state index contributed by atoms with van der Waals surface area (Å²) in [6.45, 7) is 13.0. The van der Waals surface area contributed by atoms with Crippen LogP contribution in [0.4, 0.5) is 0 Å². The zero-order valence-corrected chi connectivity index (χ0v) is 14.6. The molecule has 2 atom stereocenters. The molecule has 0 amide bonds. The van der Waals surface area contributed by atoms with E-state index < -0.39 is 14.4 Å². The Hall–Kier alpha value is -0.903. The van der Waals surface area contributed by atoms with Crippen molar-refractivity contribution >= 4 is 14.4 Å². The fraction of sp³-hybridized carbons (Fsp3) is 0.529. The molecule has 2 nitrogen and oxygen atoms in total. The van der Waals surface area contributed by atoms with Gasteiger partial charge in [0.1, 0.15) is 0 Å². The summed E-state index contributed by atoms with van der Waals surface area (Å²) in [6.07, 6.45) is 2.99. The summed E-state index contributed by atoms with van der Waals surface area (Å²) >= 11 is 0. The van der Waals surface area contributed by atoms with E-state index in [1.165, 1.54) is 0 Å². The SMILES string of the molecule is C[C@H](O[Si](C)(C)C(C)(C)C)[C@@H](O)/C=C/c1ccccc1. The fourth-order valence-corrected chi connectivity index (χ4v) is 3.06. The Morgan fingerprint density at radius 3 is 2.20 bits per heavy atom. The zero-order valence-electron chi connectivity index (χ0n) is 13.6. The summed E-state index contributed by atoms with van der Waals surface area (Å²) in [5.74, 6) is 0. The van der Waals surface area contributed by atoms with Crippen LogP contribution in [0.2, 0.25) is 18.1 Å². The normalized spacial score (nSPS) is 16.4. The molecule has 0 radical (unpaired) electrons. The van der Waals surface area contributed by atoms with Gasteiger partial charge in [-0.1, -0.05) is 63.3 Å². The minimum Gasteiger partial charge on any atom is -0.411 e. The van der Waals surface area contributed by atoms with Crippen LogP contribution in [0.25, 0.3) is 6.08 Å². The van der Waals surface area contributed by atoms with E-state index >= 15 is 0 Å². The third kappa shape index (κ3) is 4.89. The van der Waals surface area contributed by atoms with E-state index in [0.717, 1.165) is 5.56 Å². The van der Waals surface area contributed by atoms with Gasteiger partial charge in [-0.25, -0.2) is 0 Å². The van der Waals surface area contributed by atoms with Crippen LogP contribution in [0.15, 0.2) is 36.4 Å². The van der Waals surface area contributed by atoms with Gasteiger partial charge in [0.2, 0.25) is 0 Å². The molecule has 0 aromatic heterocycles. The minimum absolute atomic E-state index is 0.157. The van der Waals surface area contributed by atoms with Crippen LogP contribution < -0.4 is 0 Å². The van der Waals surface area contributed by atoms with Gasteiger partial charge in [-0.2, -0.15) is 0 Å². The van der Waals surface area contributed by atoms with Gasteiger partial charge in [0.15, 0.2) is 8.32 Å². The van der Waals surface area contributed by atoms with E-state index in [-0.39, 0.29) is 11.1 Å². The molecular formula is C17H28O2Si. The molecule has 0 heterocycles. The van der Waals surface area contributed by atoms with Crippen LogP contribution >= 0.6 is 0 Å². The highest BCUT2D eigenvalue weighted by Gasteiger charge is 2.39. The van der Waals surface area contributed by atoms with Gasteiger partial charge in [0, 0.05) is 0 Å². The first-order chi connectivity index (χ1) is 9.13. The highest BCUT2D eigenvalue weighted by molar-refractivity contribution is 6.74. The summed E-state index contributed by atoms with van der Waals surface area (Å²) in [5.41, 5.74) is 1.09. The molecule has 112 valence electrons. The van der Waals surface area contributed by atoms with Gasteiger partial charge >= 0.3 is 0 Å². The van der Waals surface area contributed by atoms with Gasteiger partial charge in [-0.3, -0.25) is 0 Å². The van der Waals surface area contributed by atoms with Crippen molar-refractivity contribution in [1.82, 2.24) is 0 Å². The highest BCUT2D eigenvalue weighted by atomic mass is 28.4. The topological polar surface area (TPSA) is 29.5 Å². The quantitative estimate of drug-likeness (QED) is 0.811. The van der Waals surface area contributed by atoms with E-state index in [2.05, 4.69) is 33.9 Å². The summed E-state index contributed by atoms with van der Waals surface area (Å²) in [4.78, 5) is 0. The molecule has 20 heavy (non-hydrogen) atoms. The third-order valence-corrected chi connectivity index (χ3v) is 8.63. The van der Waals surface area contributed by atoms with E-state index in [0.29, 0.717) is 0 Å². The van der Waals surface area contributed by atoms with Gasteiger partial charge in [-0.05, 0) is 30.6 Å². The zero-order chi connectivity index (χ0) is 15.4. The standard InChI is InChI=1S/C17H28O2Si/c1-14(19-20(5,6)17(2,3)4)16(18)13-12-15-10-8-7-9-11-15/h7-14,16,18H,1-6H3/b13-12+/t14-,16-/m0/s1. The van der Waals surface area contributed by atoms with E-state index in [1.807, 2.05) is 49.4 Å². The Morgan fingerprint density at radius 2 is 1.70 bits per heavy atom. The number of benzene rings is 1. The molecule has 0 fully saturated rings. The Kier molecular flexibility index (Phi) is 5.75. The third-order valence-electron chi connectivity index (χ3n) is 4.05. The van der Waals surface area contributed by atoms with Crippen LogP contribution in [0.3, 0.4) is 0 Å². The van der Waals surface area contributed by atoms with Crippen molar-refractivity contribution in [2.45, 2.75) is 58.0 Å². The van der Waals surface area contributed by atoms with Gasteiger partial charge < -0.3 is 9.53 Å². The van der Waals surface area contributed by atoms with Crippen molar-refractivity contribution in [3.05, 3.63) is 42.0 Å². The van der Waals surface area contributed by atoms with E-state index in [9.17, 15) is 5.11 Å². The van der Waals surface area contributed by atoms with E-state index in [1.54, 1.807) is 0 Å². The smallest absolute Gasteiger partial charge is 0.192 e. The maximum Gasteiger partial charge on any atom is 0.192 e. The first kappa shape index (κ1) is 17.1. The van der Waals surface area contributed by atoms with Crippen LogP contribution in [-0.2, 0) is 4.43 Å². The Morgan fingerprint density at radius 1 is 1.15 bits per heavy atom. The fourth-order valence-electron chi connectivity index (χ4n) is 1.64. The molecule has 1 rings (SSSR count). The van der Waals surface area contributed by atoms with E-state index in [4.69, 9.17) is 4.43 Å². The number of hydrogen-bond acceptors (Lipinski definition) is 2. The molecule has 0 saturated carbocycles. The lowest BCUT2D eigenvalue weighted by Gasteiger charge is -2.39. The molecule has 0 aliphatic carbocycles. The summed E-state index contributed by atoms with van der Waals surface area (Å²) < 4.78 is 6.19. The summed E-state index contributed by atoms with van der Waals surface area (Å²) in [5, 5.41) is 10.4. The Labute approximate surface area is 124 Å². The van der Waals surface area contributed by atoms with Crippen LogP contribution in [0.5, 0.6) is 0 Å². The predicted octanol–water partition coefficient (Wildman–Crippen LogP) is 4.47. The molecule has 0 aliphatic heterocycles. The average Bonchev–Trinajstić information content (AvgIpc) is 2.35. The van der Waals surface area contributed by atoms with Crippen molar-refractivity contribution in [3.63, 3.8) is 0 Å². The molecular weight excluding hydrogens is 264 g/mol. The van der Waals surface area contributed by atoms with Crippen molar-refractivity contribution in [2.75, 3.05) is 0 Å². The van der Waals surface area contributed by atoms with Gasteiger partial charge in [-0.15, -0.1) is 0 Å². The monoisotopic (exact) mass is 292 g/mol. The maximum absolute atomic E-state index is 10.2. The van der Waals surface area contributed by atoms with Crippen LogP contribution in [0, 0.1) is 0 Å². The lowest BCUT2D eigenvalue weighted by Crippen LogP contribution is -2.45. The molecule has 0 unspecified atom stereocenters. The maximum atomic E-state index is 10.2. The average molecular weight is 292 g/mol. The molecule has 3 heteroatoms. The lowest BCUT2D eigenvalue weighted by molar-refractivity contribution is 0.0698. The highest BCUT2D eigenvalue weighted by Crippen LogP contribution is 2.37. The second-order valence-corrected chi connectivity index (χ2v) is 11.6. The molecule has 1 aromatic carbocycles. The second-order valence-electron chi connectivity index (χ2n) is 6.84. The summed E-state index contributed by atoms with van der Waals surface area (Å²) in [6, 6.07) is 9.99. The summed E-state index contributed by atoms with van der Waals surface area (Å²) in [7, 11) is -1.83. The molecule has 0 bridgehead atoms. The van der Waals surface area contributed by atoms with Gasteiger partial charge in [0.05, 0.1) is 12.2 Å². The number of hydrogen-bond donors (Lipinski definition) is 1. The minimum atomic E-state index is -1.83. The second kappa shape index (κ2) is 6.70. The lowest BCUT2D eigenvalue weighted by atomic mass is 10.1. The Bertz CT molecular complexity index is 432. The van der Waals surface area contributed by atoms with Crippen molar-refractivity contribution in [2.24, 2.45) is 0 Å². The molecule has 0 aliphatic rings. The van der Waals surface area contributed by atoms with Crippen molar-refractivity contribution < 1.29 is 9.53 Å². The van der Waals surface area contributed by atoms with Gasteiger partial charge in [0.25, 0.3) is 0 Å².